The summed E-state index contributed by atoms with van der Waals surface area (Å²) in [6.45, 7) is 29.3. The minimum Gasteiger partial charge on any atom is -0.301 e. The molecule has 0 aliphatic carbocycles. The zero-order valence-corrected chi connectivity index (χ0v) is 16.1. The van der Waals surface area contributed by atoms with E-state index in [0.717, 1.165) is 78.5 Å². The molecule has 0 radical (unpaired) electrons. The van der Waals surface area contributed by atoms with Crippen LogP contribution in [-0.2, 0) is 0 Å². The van der Waals surface area contributed by atoms with Gasteiger partial charge >= 0.3 is 0 Å². The highest BCUT2D eigenvalue weighted by molar-refractivity contribution is 4.92. The normalized spacial score (nSPS) is 20.9. The van der Waals surface area contributed by atoms with Gasteiger partial charge in [0, 0.05) is 72.0 Å². The molecule has 0 bridgehead atoms. The highest BCUT2D eigenvalue weighted by Gasteiger charge is 2.14. The second-order valence-electron chi connectivity index (χ2n) is 6.85. The third-order valence-electron chi connectivity index (χ3n) is 4.65. The Morgan fingerprint density at radius 1 is 0.750 bits per heavy atom. The van der Waals surface area contributed by atoms with Crippen molar-refractivity contribution in [3.63, 3.8) is 0 Å². The molecule has 4 heteroatoms. The lowest BCUT2D eigenvalue weighted by Crippen LogP contribution is -2.46. The lowest BCUT2D eigenvalue weighted by molar-refractivity contribution is 0.150. The zero-order valence-electron chi connectivity index (χ0n) is 16.1. The first-order chi connectivity index (χ1) is 11.6. The van der Waals surface area contributed by atoms with E-state index in [9.17, 15) is 0 Å². The molecule has 0 N–H and O–H groups in total. The summed E-state index contributed by atoms with van der Waals surface area (Å²) in [4.78, 5) is 10.1. The fourth-order valence-electron chi connectivity index (χ4n) is 3.16. The number of hydrogen-bond acceptors (Lipinski definition) is 4. The van der Waals surface area contributed by atoms with Crippen molar-refractivity contribution < 1.29 is 0 Å². The SMILES string of the molecule is C=CCN1CCN(CC)CCN(CC(=C)C)CCN(CC=C)CC1. The van der Waals surface area contributed by atoms with Crippen LogP contribution < -0.4 is 0 Å². The maximum Gasteiger partial charge on any atom is 0.0188 e. The summed E-state index contributed by atoms with van der Waals surface area (Å²) in [5, 5.41) is 0. The summed E-state index contributed by atoms with van der Waals surface area (Å²) >= 11 is 0. The highest BCUT2D eigenvalue weighted by Crippen LogP contribution is 2.03. The predicted molar refractivity (Wildman–Crippen MR) is 107 cm³/mol. The molecule has 0 aromatic rings. The zero-order chi connectivity index (χ0) is 17.8. The maximum absolute atomic E-state index is 4.10. The van der Waals surface area contributed by atoms with Crippen molar-refractivity contribution in [2.45, 2.75) is 13.8 Å². The third-order valence-corrected chi connectivity index (χ3v) is 4.65. The second kappa shape index (κ2) is 12.4. The number of rotatable bonds is 7. The Hall–Kier alpha value is -0.940. The van der Waals surface area contributed by atoms with Gasteiger partial charge in [-0.05, 0) is 13.5 Å². The molecule has 0 aromatic heterocycles. The summed E-state index contributed by atoms with van der Waals surface area (Å²) in [5.41, 5.74) is 1.25. The number of likely N-dealkylation sites (N-methyl/N-ethyl adjacent to an activating group) is 1. The molecule has 0 spiro atoms. The molecule has 24 heavy (non-hydrogen) atoms. The van der Waals surface area contributed by atoms with Crippen molar-refractivity contribution >= 4 is 0 Å². The molecule has 138 valence electrons. The fourth-order valence-corrected chi connectivity index (χ4v) is 3.16. The average Bonchev–Trinajstić information content (AvgIpc) is 2.54. The van der Waals surface area contributed by atoms with Gasteiger partial charge in [-0.25, -0.2) is 0 Å². The molecule has 4 nitrogen and oxygen atoms in total. The predicted octanol–water partition coefficient (Wildman–Crippen LogP) is 2.18. The Kier molecular flexibility index (Phi) is 10.9. The first-order valence-corrected chi connectivity index (χ1v) is 9.34. The first-order valence-electron chi connectivity index (χ1n) is 9.34. The van der Waals surface area contributed by atoms with E-state index < -0.39 is 0 Å². The third kappa shape index (κ3) is 8.78. The van der Waals surface area contributed by atoms with E-state index in [1.807, 2.05) is 12.2 Å². The monoisotopic (exact) mass is 334 g/mol. The van der Waals surface area contributed by atoms with E-state index in [4.69, 9.17) is 0 Å². The molecule has 1 saturated heterocycles. The van der Waals surface area contributed by atoms with E-state index in [-0.39, 0.29) is 0 Å². The largest absolute Gasteiger partial charge is 0.301 e. The van der Waals surface area contributed by atoms with Crippen LogP contribution in [0.25, 0.3) is 0 Å². The van der Waals surface area contributed by atoms with Crippen LogP contribution in [0.5, 0.6) is 0 Å². The van der Waals surface area contributed by atoms with Crippen molar-refractivity contribution in [1.29, 1.82) is 0 Å². The van der Waals surface area contributed by atoms with Gasteiger partial charge in [-0.3, -0.25) is 14.7 Å². The van der Waals surface area contributed by atoms with Crippen LogP contribution in [0.1, 0.15) is 13.8 Å². The van der Waals surface area contributed by atoms with Crippen LogP contribution in [0.2, 0.25) is 0 Å². The van der Waals surface area contributed by atoms with E-state index in [1.54, 1.807) is 0 Å². The summed E-state index contributed by atoms with van der Waals surface area (Å²) in [6.07, 6.45) is 4.04. The van der Waals surface area contributed by atoms with Crippen LogP contribution in [0.4, 0.5) is 0 Å². The molecular weight excluding hydrogens is 296 g/mol. The second-order valence-corrected chi connectivity index (χ2v) is 6.85. The summed E-state index contributed by atoms with van der Waals surface area (Å²) in [5.74, 6) is 0. The van der Waals surface area contributed by atoms with E-state index >= 15 is 0 Å². The standard InChI is InChI=1S/C20H38N4/c1-6-9-22-13-11-21(8-3)12-17-24(19-20(4)5)18-16-23(10-7-2)15-14-22/h6-7H,1-2,4,8-19H2,3,5H3. The molecule has 0 unspecified atom stereocenters. The molecule has 1 rings (SSSR count). The topological polar surface area (TPSA) is 13.0 Å². The Balaban J connectivity index is 2.74. The van der Waals surface area contributed by atoms with Gasteiger partial charge in [0.05, 0.1) is 0 Å². The van der Waals surface area contributed by atoms with Crippen molar-refractivity contribution in [1.82, 2.24) is 19.6 Å². The molecule has 0 amide bonds. The highest BCUT2D eigenvalue weighted by atomic mass is 15.3. The molecule has 1 aliphatic heterocycles. The van der Waals surface area contributed by atoms with Crippen molar-refractivity contribution in [2.24, 2.45) is 0 Å². The smallest absolute Gasteiger partial charge is 0.0188 e. The van der Waals surface area contributed by atoms with Crippen LogP contribution in [0.3, 0.4) is 0 Å². The van der Waals surface area contributed by atoms with Gasteiger partial charge in [-0.2, -0.15) is 0 Å². The van der Waals surface area contributed by atoms with E-state index in [0.29, 0.717) is 0 Å². The molecule has 0 saturated carbocycles. The Labute approximate surface area is 150 Å². The van der Waals surface area contributed by atoms with Crippen molar-refractivity contribution in [2.75, 3.05) is 78.5 Å². The lowest BCUT2D eigenvalue weighted by Gasteiger charge is -2.33. The van der Waals surface area contributed by atoms with Crippen LogP contribution in [0, 0.1) is 0 Å². The van der Waals surface area contributed by atoms with Crippen LogP contribution in [-0.4, -0.2) is 98.1 Å². The van der Waals surface area contributed by atoms with Gasteiger partial charge in [0.25, 0.3) is 0 Å². The van der Waals surface area contributed by atoms with Crippen molar-refractivity contribution in [3.05, 3.63) is 37.5 Å². The molecule has 1 fully saturated rings. The molecular formula is C20H38N4. The van der Waals surface area contributed by atoms with Crippen LogP contribution in [0.15, 0.2) is 37.5 Å². The number of hydrogen-bond donors (Lipinski definition) is 0. The molecule has 0 aromatic carbocycles. The Morgan fingerprint density at radius 3 is 1.46 bits per heavy atom. The van der Waals surface area contributed by atoms with Gasteiger partial charge in [-0.15, -0.1) is 13.2 Å². The van der Waals surface area contributed by atoms with Crippen LogP contribution >= 0.6 is 0 Å². The van der Waals surface area contributed by atoms with Gasteiger partial charge in [-0.1, -0.05) is 31.2 Å². The van der Waals surface area contributed by atoms with Gasteiger partial charge in [0.1, 0.15) is 0 Å². The van der Waals surface area contributed by atoms with Gasteiger partial charge < -0.3 is 4.90 Å². The van der Waals surface area contributed by atoms with Gasteiger partial charge in [0.15, 0.2) is 0 Å². The summed E-state index contributed by atoms with van der Waals surface area (Å²) in [7, 11) is 0. The maximum atomic E-state index is 4.10. The van der Waals surface area contributed by atoms with E-state index in [2.05, 4.69) is 53.2 Å². The lowest BCUT2D eigenvalue weighted by atomic mass is 10.3. The Bertz CT molecular complexity index is 380. The quantitative estimate of drug-likeness (QED) is 0.662. The minimum absolute atomic E-state index is 0.962. The number of nitrogens with zero attached hydrogens (tertiary/aromatic N) is 4. The first kappa shape index (κ1) is 21.1. The molecule has 1 aliphatic rings. The summed E-state index contributed by atoms with van der Waals surface area (Å²) in [6, 6.07) is 0. The van der Waals surface area contributed by atoms with Gasteiger partial charge in [0.2, 0.25) is 0 Å². The average molecular weight is 335 g/mol. The van der Waals surface area contributed by atoms with E-state index in [1.165, 1.54) is 5.57 Å². The van der Waals surface area contributed by atoms with Crippen molar-refractivity contribution in [3.8, 4) is 0 Å². The molecule has 0 atom stereocenters. The molecule has 1 heterocycles. The summed E-state index contributed by atoms with van der Waals surface area (Å²) < 4.78 is 0. The Morgan fingerprint density at radius 2 is 1.12 bits per heavy atom. The minimum atomic E-state index is 0.962. The fraction of sp³-hybridized carbons (Fsp3) is 0.700.